The number of H-pyrrole nitrogens is 1. The van der Waals surface area contributed by atoms with E-state index in [4.69, 9.17) is 12.2 Å². The van der Waals surface area contributed by atoms with Crippen LogP contribution in [0.2, 0.25) is 0 Å². The van der Waals surface area contributed by atoms with E-state index in [1.807, 2.05) is 41.0 Å². The highest BCUT2D eigenvalue weighted by Crippen LogP contribution is 2.23. The third kappa shape index (κ3) is 4.15. The number of nitro groups is 1. The van der Waals surface area contributed by atoms with Gasteiger partial charge in [0.1, 0.15) is 0 Å². The molecule has 0 spiro atoms. The number of thioether (sulfide) groups is 1. The summed E-state index contributed by atoms with van der Waals surface area (Å²) in [5, 5.41) is 18.2. The predicted octanol–water partition coefficient (Wildman–Crippen LogP) is 4.45. The highest BCUT2D eigenvalue weighted by Gasteiger charge is 2.12. The number of nitrogens with zero attached hydrogens (tertiary/aromatic N) is 3. The third-order valence-electron chi connectivity index (χ3n) is 3.70. The lowest BCUT2D eigenvalue weighted by molar-refractivity contribution is -0.385. The second-order valence-electron chi connectivity index (χ2n) is 5.31. The second-order valence-corrected chi connectivity index (χ2v) is 6.80. The molecular formula is C17H16N4O2S2. The minimum absolute atomic E-state index is 0.167. The van der Waals surface area contributed by atoms with Crippen molar-refractivity contribution in [3.63, 3.8) is 0 Å². The number of nitro benzene ring substituents is 1. The van der Waals surface area contributed by atoms with Crippen molar-refractivity contribution < 1.29 is 4.92 Å². The lowest BCUT2D eigenvalue weighted by Gasteiger charge is -2.07. The molecule has 25 heavy (non-hydrogen) atoms. The summed E-state index contributed by atoms with van der Waals surface area (Å²) in [4.78, 5) is 10.7. The molecule has 1 heterocycles. The van der Waals surface area contributed by atoms with Crippen LogP contribution >= 0.6 is 24.0 Å². The Kier molecular flexibility index (Phi) is 5.62. The Morgan fingerprint density at radius 3 is 2.64 bits per heavy atom. The van der Waals surface area contributed by atoms with Crippen LogP contribution in [0.15, 0.2) is 54.6 Å². The molecule has 3 aromatic rings. The van der Waals surface area contributed by atoms with Crippen LogP contribution in [0.5, 0.6) is 0 Å². The van der Waals surface area contributed by atoms with Gasteiger partial charge in [-0.3, -0.25) is 19.8 Å². The Bertz CT molecular complexity index is 922. The van der Waals surface area contributed by atoms with E-state index in [2.05, 4.69) is 10.2 Å². The van der Waals surface area contributed by atoms with Gasteiger partial charge in [-0.2, -0.15) is 16.9 Å². The van der Waals surface area contributed by atoms with Crippen molar-refractivity contribution in [2.24, 2.45) is 0 Å². The number of nitrogens with one attached hydrogen (secondary N) is 1. The van der Waals surface area contributed by atoms with E-state index >= 15 is 0 Å². The number of aromatic nitrogens is 3. The van der Waals surface area contributed by atoms with E-state index in [0.717, 1.165) is 22.7 Å². The SMILES string of the molecule is O=[N+]([O-])c1ccccc1CSCCn1c(-c2ccccc2)n[nH]c1=S. The van der Waals surface area contributed by atoms with Crippen molar-refractivity contribution in [3.05, 3.63) is 75.0 Å². The summed E-state index contributed by atoms with van der Waals surface area (Å²) >= 11 is 6.95. The summed E-state index contributed by atoms with van der Waals surface area (Å²) in [6, 6.07) is 16.7. The molecule has 6 nitrogen and oxygen atoms in total. The fourth-order valence-electron chi connectivity index (χ4n) is 2.48. The summed E-state index contributed by atoms with van der Waals surface area (Å²) in [6.07, 6.45) is 0. The van der Waals surface area contributed by atoms with Gasteiger partial charge in [0, 0.05) is 35.2 Å². The van der Waals surface area contributed by atoms with E-state index in [-0.39, 0.29) is 10.6 Å². The maximum atomic E-state index is 11.1. The zero-order chi connectivity index (χ0) is 17.6. The molecule has 1 aromatic heterocycles. The van der Waals surface area contributed by atoms with Crippen LogP contribution in [0.3, 0.4) is 0 Å². The number of hydrogen-bond donors (Lipinski definition) is 1. The maximum Gasteiger partial charge on any atom is 0.273 e. The van der Waals surface area contributed by atoms with Gasteiger partial charge in [-0.1, -0.05) is 48.5 Å². The van der Waals surface area contributed by atoms with E-state index < -0.39 is 0 Å². The van der Waals surface area contributed by atoms with E-state index in [1.165, 1.54) is 6.07 Å². The zero-order valence-electron chi connectivity index (χ0n) is 13.3. The smallest absolute Gasteiger partial charge is 0.273 e. The highest BCUT2D eigenvalue weighted by molar-refractivity contribution is 7.98. The van der Waals surface area contributed by atoms with Gasteiger partial charge < -0.3 is 0 Å². The van der Waals surface area contributed by atoms with Crippen molar-refractivity contribution >= 4 is 29.7 Å². The van der Waals surface area contributed by atoms with Crippen molar-refractivity contribution in [2.75, 3.05) is 5.75 Å². The van der Waals surface area contributed by atoms with E-state index in [9.17, 15) is 10.1 Å². The van der Waals surface area contributed by atoms with Crippen LogP contribution in [0.25, 0.3) is 11.4 Å². The summed E-state index contributed by atoms with van der Waals surface area (Å²) in [7, 11) is 0. The first-order chi connectivity index (χ1) is 12.2. The highest BCUT2D eigenvalue weighted by atomic mass is 32.2. The Hall–Kier alpha value is -2.45. The molecule has 8 heteroatoms. The molecule has 0 saturated heterocycles. The number of aromatic amines is 1. The lowest BCUT2D eigenvalue weighted by atomic mass is 10.2. The minimum Gasteiger partial charge on any atom is -0.299 e. The fraction of sp³-hybridized carbons (Fsp3) is 0.176. The lowest BCUT2D eigenvalue weighted by Crippen LogP contribution is -2.03. The molecule has 0 radical (unpaired) electrons. The van der Waals surface area contributed by atoms with Gasteiger partial charge in [0.05, 0.1) is 4.92 Å². The molecule has 0 aliphatic heterocycles. The molecule has 0 aliphatic carbocycles. The first-order valence-electron chi connectivity index (χ1n) is 7.67. The third-order valence-corrected chi connectivity index (χ3v) is 4.99. The van der Waals surface area contributed by atoms with Crippen LogP contribution in [-0.2, 0) is 12.3 Å². The molecule has 2 aromatic carbocycles. The van der Waals surface area contributed by atoms with Gasteiger partial charge in [0.25, 0.3) is 5.69 Å². The molecule has 0 atom stereocenters. The van der Waals surface area contributed by atoms with Gasteiger partial charge in [-0.15, -0.1) is 0 Å². The molecular weight excluding hydrogens is 356 g/mol. The Morgan fingerprint density at radius 2 is 1.88 bits per heavy atom. The minimum atomic E-state index is -0.338. The van der Waals surface area contributed by atoms with Crippen molar-refractivity contribution in [2.45, 2.75) is 12.3 Å². The van der Waals surface area contributed by atoms with Crippen LogP contribution in [0, 0.1) is 14.9 Å². The Balaban J connectivity index is 1.65. The molecule has 3 rings (SSSR count). The standard InChI is InChI=1S/C17H16N4O2S2/c22-21(23)15-9-5-4-8-14(15)12-25-11-10-20-16(18-19-17(20)24)13-6-2-1-3-7-13/h1-9H,10-12H2,(H,19,24). The van der Waals surface area contributed by atoms with Crippen molar-refractivity contribution in [1.82, 2.24) is 14.8 Å². The van der Waals surface area contributed by atoms with Gasteiger partial charge in [-0.05, 0) is 12.2 Å². The van der Waals surface area contributed by atoms with Gasteiger partial charge in [-0.25, -0.2) is 0 Å². The first-order valence-corrected chi connectivity index (χ1v) is 9.24. The largest absolute Gasteiger partial charge is 0.299 e. The predicted molar refractivity (Wildman–Crippen MR) is 102 cm³/mol. The molecule has 0 saturated carbocycles. The molecule has 0 unspecified atom stereocenters. The number of rotatable bonds is 7. The quantitative estimate of drug-likeness (QED) is 0.287. The monoisotopic (exact) mass is 372 g/mol. The number of hydrogen-bond acceptors (Lipinski definition) is 5. The number of para-hydroxylation sites is 1. The van der Waals surface area contributed by atoms with Crippen molar-refractivity contribution in [1.29, 1.82) is 0 Å². The topological polar surface area (TPSA) is 76.8 Å². The van der Waals surface area contributed by atoms with Gasteiger partial charge in [0.2, 0.25) is 0 Å². The summed E-state index contributed by atoms with van der Waals surface area (Å²) in [5.74, 6) is 2.17. The molecule has 0 fully saturated rings. The summed E-state index contributed by atoms with van der Waals surface area (Å²) in [5.41, 5.74) is 1.90. The molecule has 128 valence electrons. The van der Waals surface area contributed by atoms with E-state index in [0.29, 0.717) is 17.1 Å². The van der Waals surface area contributed by atoms with Crippen LogP contribution in [0.4, 0.5) is 5.69 Å². The average Bonchev–Trinajstić information content (AvgIpc) is 3.00. The normalized spacial score (nSPS) is 10.7. The second kappa shape index (κ2) is 8.09. The molecule has 0 aliphatic rings. The Morgan fingerprint density at radius 1 is 1.16 bits per heavy atom. The summed E-state index contributed by atoms with van der Waals surface area (Å²) in [6.45, 7) is 0.685. The van der Waals surface area contributed by atoms with Gasteiger partial charge >= 0.3 is 0 Å². The maximum absolute atomic E-state index is 11.1. The first kappa shape index (κ1) is 17.4. The van der Waals surface area contributed by atoms with Crippen LogP contribution in [-0.4, -0.2) is 25.4 Å². The average molecular weight is 372 g/mol. The van der Waals surface area contributed by atoms with Gasteiger partial charge in [0.15, 0.2) is 10.6 Å². The summed E-state index contributed by atoms with van der Waals surface area (Å²) < 4.78 is 2.53. The van der Waals surface area contributed by atoms with Crippen LogP contribution < -0.4 is 0 Å². The number of benzene rings is 2. The fourth-order valence-corrected chi connectivity index (χ4v) is 3.63. The Labute approximate surface area is 154 Å². The molecule has 0 bridgehead atoms. The molecule has 1 N–H and O–H groups in total. The van der Waals surface area contributed by atoms with Crippen LogP contribution in [0.1, 0.15) is 5.56 Å². The zero-order valence-corrected chi connectivity index (χ0v) is 14.9. The van der Waals surface area contributed by atoms with E-state index in [1.54, 1.807) is 23.9 Å². The van der Waals surface area contributed by atoms with Crippen molar-refractivity contribution in [3.8, 4) is 11.4 Å². The molecule has 0 amide bonds.